The van der Waals surface area contributed by atoms with Crippen molar-refractivity contribution in [2.24, 2.45) is 23.1 Å². The predicted molar refractivity (Wildman–Crippen MR) is 111 cm³/mol. The first-order valence-corrected chi connectivity index (χ1v) is 10.3. The van der Waals surface area contributed by atoms with Gasteiger partial charge < -0.3 is 37.8 Å². The van der Waals surface area contributed by atoms with Gasteiger partial charge >= 0.3 is 5.97 Å². The van der Waals surface area contributed by atoms with Crippen LogP contribution in [0, 0.1) is 5.92 Å². The highest BCUT2D eigenvalue weighted by atomic mass is 16.4. The Balaban J connectivity index is 2.93. The summed E-state index contributed by atoms with van der Waals surface area (Å²) in [7, 11) is 0. The van der Waals surface area contributed by atoms with Crippen molar-refractivity contribution in [3.8, 4) is 0 Å². The molecule has 1 aliphatic heterocycles. The van der Waals surface area contributed by atoms with E-state index in [0.29, 0.717) is 19.4 Å². The highest BCUT2D eigenvalue weighted by Crippen LogP contribution is 2.20. The van der Waals surface area contributed by atoms with Crippen molar-refractivity contribution in [3.05, 3.63) is 0 Å². The third-order valence-corrected chi connectivity index (χ3v) is 5.17. The number of nitrogens with zero attached hydrogens (tertiary/aromatic N) is 1. The second-order valence-corrected chi connectivity index (χ2v) is 8.10. The van der Waals surface area contributed by atoms with Gasteiger partial charge in [-0.3, -0.25) is 24.0 Å². The van der Waals surface area contributed by atoms with Gasteiger partial charge in [0.2, 0.25) is 29.5 Å². The summed E-state index contributed by atoms with van der Waals surface area (Å²) in [6.45, 7) is 3.87. The summed E-state index contributed by atoms with van der Waals surface area (Å²) in [5.74, 6) is -5.27. The average molecular weight is 457 g/mol. The summed E-state index contributed by atoms with van der Waals surface area (Å²) in [6.07, 6.45) is -0.268. The maximum Gasteiger partial charge on any atom is 0.326 e. The zero-order valence-corrected chi connectivity index (χ0v) is 18.2. The Morgan fingerprint density at radius 2 is 1.66 bits per heavy atom. The number of nitrogens with one attached hydrogen (secondary N) is 2. The third kappa shape index (κ3) is 7.80. The van der Waals surface area contributed by atoms with Crippen molar-refractivity contribution in [2.75, 3.05) is 6.54 Å². The second-order valence-electron chi connectivity index (χ2n) is 8.10. The van der Waals surface area contributed by atoms with Crippen LogP contribution in [0.3, 0.4) is 0 Å². The summed E-state index contributed by atoms with van der Waals surface area (Å²) in [5, 5.41) is 13.8. The number of nitrogens with two attached hydrogens (primary N) is 3. The molecule has 180 valence electrons. The Morgan fingerprint density at radius 1 is 1.03 bits per heavy atom. The molecule has 1 rings (SSSR count). The standard InChI is InChI=1S/C19H32N6O7/c1-9(2)15(22)18(30)25-7-3-4-12(25)17(29)24-11(8-14(21)27)16(28)23-10(19(31)32)5-6-13(20)26/h9-12,15H,3-8,22H2,1-2H3,(H2,20,26)(H2,21,27)(H,23,28)(H,24,29)(H,31,32). The van der Waals surface area contributed by atoms with Crippen molar-refractivity contribution < 1.29 is 33.9 Å². The highest BCUT2D eigenvalue weighted by molar-refractivity contribution is 5.96. The molecule has 4 atom stereocenters. The van der Waals surface area contributed by atoms with E-state index in [9.17, 15) is 33.9 Å². The molecule has 0 spiro atoms. The van der Waals surface area contributed by atoms with Crippen LogP contribution >= 0.6 is 0 Å². The Bertz CT molecular complexity index is 756. The number of primary amides is 2. The molecular formula is C19H32N6O7. The van der Waals surface area contributed by atoms with E-state index in [-0.39, 0.29) is 18.8 Å². The van der Waals surface area contributed by atoms with E-state index in [1.807, 2.05) is 0 Å². The van der Waals surface area contributed by atoms with Gasteiger partial charge in [0.15, 0.2) is 0 Å². The molecule has 1 aliphatic rings. The van der Waals surface area contributed by atoms with Gasteiger partial charge in [-0.2, -0.15) is 0 Å². The fourth-order valence-corrected chi connectivity index (χ4v) is 3.27. The lowest BCUT2D eigenvalue weighted by Crippen LogP contribution is -2.57. The van der Waals surface area contributed by atoms with Crippen LogP contribution in [0.2, 0.25) is 0 Å². The summed E-state index contributed by atoms with van der Waals surface area (Å²) in [5.41, 5.74) is 16.1. The first-order valence-electron chi connectivity index (χ1n) is 10.3. The molecule has 0 aromatic heterocycles. The lowest BCUT2D eigenvalue weighted by atomic mass is 10.0. The summed E-state index contributed by atoms with van der Waals surface area (Å²) >= 11 is 0. The number of hydrogen-bond donors (Lipinski definition) is 6. The van der Waals surface area contributed by atoms with E-state index in [0.717, 1.165) is 0 Å². The minimum atomic E-state index is -1.47. The van der Waals surface area contributed by atoms with Crippen LogP contribution in [0.4, 0.5) is 0 Å². The molecule has 1 fully saturated rings. The number of likely N-dealkylation sites (tertiary alicyclic amines) is 1. The maximum atomic E-state index is 12.8. The molecule has 0 saturated carbocycles. The molecule has 0 aliphatic carbocycles. The molecule has 13 nitrogen and oxygen atoms in total. The van der Waals surface area contributed by atoms with E-state index in [2.05, 4.69) is 10.6 Å². The van der Waals surface area contributed by atoms with Crippen LogP contribution < -0.4 is 27.8 Å². The number of amides is 5. The van der Waals surface area contributed by atoms with Gasteiger partial charge in [-0.25, -0.2) is 4.79 Å². The fourth-order valence-electron chi connectivity index (χ4n) is 3.27. The monoisotopic (exact) mass is 456 g/mol. The van der Waals surface area contributed by atoms with Gasteiger partial charge in [0.1, 0.15) is 18.1 Å². The Morgan fingerprint density at radius 3 is 2.16 bits per heavy atom. The minimum Gasteiger partial charge on any atom is -0.480 e. The van der Waals surface area contributed by atoms with Gasteiger partial charge in [0.05, 0.1) is 12.5 Å². The Kier molecular flexibility index (Phi) is 10.0. The molecule has 1 heterocycles. The van der Waals surface area contributed by atoms with Gasteiger partial charge in [-0.1, -0.05) is 13.8 Å². The van der Waals surface area contributed by atoms with Crippen molar-refractivity contribution in [3.63, 3.8) is 0 Å². The van der Waals surface area contributed by atoms with Crippen molar-refractivity contribution in [2.45, 2.75) is 70.1 Å². The number of carboxylic acids is 1. The van der Waals surface area contributed by atoms with Gasteiger partial charge in [-0.05, 0) is 25.2 Å². The van der Waals surface area contributed by atoms with E-state index in [1.54, 1.807) is 13.8 Å². The molecule has 0 aromatic rings. The summed E-state index contributed by atoms with van der Waals surface area (Å²) < 4.78 is 0. The smallest absolute Gasteiger partial charge is 0.326 e. The van der Waals surface area contributed by atoms with E-state index < -0.39 is 66.1 Å². The normalized spacial score (nSPS) is 18.5. The van der Waals surface area contributed by atoms with E-state index >= 15 is 0 Å². The summed E-state index contributed by atoms with van der Waals surface area (Å²) in [4.78, 5) is 73.1. The van der Waals surface area contributed by atoms with E-state index in [4.69, 9.17) is 17.2 Å². The molecular weight excluding hydrogens is 424 g/mol. The number of rotatable bonds is 12. The molecule has 0 radical (unpaired) electrons. The molecule has 13 heteroatoms. The average Bonchev–Trinajstić information content (AvgIpc) is 3.18. The molecule has 0 bridgehead atoms. The maximum absolute atomic E-state index is 12.8. The van der Waals surface area contributed by atoms with Crippen LogP contribution in [0.25, 0.3) is 0 Å². The lowest BCUT2D eigenvalue weighted by molar-refractivity contribution is -0.143. The lowest BCUT2D eigenvalue weighted by Gasteiger charge is -2.29. The van der Waals surface area contributed by atoms with Crippen LogP contribution in [-0.2, 0) is 28.8 Å². The van der Waals surface area contributed by atoms with Crippen molar-refractivity contribution in [1.29, 1.82) is 0 Å². The molecule has 1 saturated heterocycles. The van der Waals surface area contributed by atoms with Crippen LogP contribution in [0.1, 0.15) is 46.0 Å². The van der Waals surface area contributed by atoms with Crippen LogP contribution in [0.15, 0.2) is 0 Å². The van der Waals surface area contributed by atoms with Gasteiger partial charge in [0, 0.05) is 13.0 Å². The number of aliphatic carboxylic acids is 1. The van der Waals surface area contributed by atoms with Crippen LogP contribution in [0.5, 0.6) is 0 Å². The van der Waals surface area contributed by atoms with Crippen molar-refractivity contribution >= 4 is 35.5 Å². The summed E-state index contributed by atoms with van der Waals surface area (Å²) in [6, 6.07) is -4.61. The molecule has 0 aromatic carbocycles. The molecule has 5 amide bonds. The first kappa shape index (κ1) is 26.8. The van der Waals surface area contributed by atoms with Crippen molar-refractivity contribution in [1.82, 2.24) is 15.5 Å². The zero-order chi connectivity index (χ0) is 24.6. The minimum absolute atomic E-state index is 0.145. The number of hydrogen-bond acceptors (Lipinski definition) is 7. The molecule has 4 unspecified atom stereocenters. The number of carbonyl (C=O) groups excluding carboxylic acids is 5. The number of carboxylic acid groups (broad SMARTS) is 1. The zero-order valence-electron chi connectivity index (χ0n) is 18.2. The van der Waals surface area contributed by atoms with Gasteiger partial charge in [-0.15, -0.1) is 0 Å². The van der Waals surface area contributed by atoms with Crippen LogP contribution in [-0.4, -0.2) is 76.2 Å². The second kappa shape index (κ2) is 12.0. The predicted octanol–water partition coefficient (Wildman–Crippen LogP) is -2.84. The molecule has 9 N–H and O–H groups in total. The SMILES string of the molecule is CC(C)C(N)C(=O)N1CCCC1C(=O)NC(CC(N)=O)C(=O)NC(CCC(N)=O)C(=O)O. The molecule has 32 heavy (non-hydrogen) atoms. The fraction of sp³-hybridized carbons (Fsp3) is 0.684. The number of carbonyl (C=O) groups is 6. The van der Waals surface area contributed by atoms with Gasteiger partial charge in [0.25, 0.3) is 0 Å². The Labute approximate surface area is 185 Å². The third-order valence-electron chi connectivity index (χ3n) is 5.17. The topological polar surface area (TPSA) is 228 Å². The van der Waals surface area contributed by atoms with E-state index in [1.165, 1.54) is 4.90 Å². The first-order chi connectivity index (χ1) is 14.8. The Hall–Kier alpha value is -3.22. The highest BCUT2D eigenvalue weighted by Gasteiger charge is 2.38. The largest absolute Gasteiger partial charge is 0.480 e. The quantitative estimate of drug-likeness (QED) is 0.179.